The van der Waals surface area contributed by atoms with Crippen LogP contribution in [-0.4, -0.2) is 46.9 Å². The Morgan fingerprint density at radius 2 is 1.46 bits per heavy atom. The lowest BCUT2D eigenvalue weighted by Crippen LogP contribution is -2.58. The van der Waals surface area contributed by atoms with Gasteiger partial charge in [0, 0.05) is 12.8 Å². The molecular weight excluding hydrogens is 517 g/mol. The molecule has 2 aromatic carbocycles. The van der Waals surface area contributed by atoms with Gasteiger partial charge in [-0.05, 0) is 11.1 Å². The monoisotopic (exact) mass is 543 g/mol. The summed E-state index contributed by atoms with van der Waals surface area (Å²) in [6.07, 6.45) is -2.93. The van der Waals surface area contributed by atoms with Gasteiger partial charge in [-0.1, -0.05) is 102 Å². The SMILES string of the molecule is CC(=O)OCC1O[C@@H](OC(=N)C(Cl)(Cl)Cl)C(C)[C@H](OCc2ccccc2)[C@H]1OCc1ccccc1. The molecule has 10 heteroatoms. The molecule has 5 atom stereocenters. The summed E-state index contributed by atoms with van der Waals surface area (Å²) in [6.45, 7) is 3.64. The van der Waals surface area contributed by atoms with E-state index >= 15 is 0 Å². The van der Waals surface area contributed by atoms with Crippen molar-refractivity contribution in [3.63, 3.8) is 0 Å². The van der Waals surface area contributed by atoms with Crippen molar-refractivity contribution in [1.29, 1.82) is 5.41 Å². The van der Waals surface area contributed by atoms with Crippen LogP contribution in [0.25, 0.3) is 0 Å². The lowest BCUT2D eigenvalue weighted by molar-refractivity contribution is -0.283. The van der Waals surface area contributed by atoms with Crippen molar-refractivity contribution in [3.05, 3.63) is 71.8 Å². The normalized spacial score (nSPS) is 24.5. The second-order valence-corrected chi connectivity index (χ2v) is 10.5. The van der Waals surface area contributed by atoms with Crippen LogP contribution in [0.3, 0.4) is 0 Å². The number of alkyl halides is 3. The Labute approximate surface area is 220 Å². The first-order chi connectivity index (χ1) is 16.6. The first-order valence-electron chi connectivity index (χ1n) is 11.1. The van der Waals surface area contributed by atoms with Crippen LogP contribution in [0.1, 0.15) is 25.0 Å². The smallest absolute Gasteiger partial charge is 0.302 e. The van der Waals surface area contributed by atoms with Crippen molar-refractivity contribution in [1.82, 2.24) is 0 Å². The number of benzene rings is 2. The molecule has 1 aliphatic heterocycles. The average molecular weight is 545 g/mol. The number of carbonyl (C=O) groups excluding carboxylic acids is 1. The number of hydrogen-bond acceptors (Lipinski definition) is 7. The number of esters is 1. The standard InChI is InChI=1S/C25H28Cl3NO6/c1-16-21(32-13-18-9-5-3-6-10-18)22(33-14-19-11-7-4-8-12-19)20(15-31-17(2)30)34-23(16)35-24(29)25(26,27)28/h3-12,16,20-23,29H,13-15H2,1-2H3/t16?,20?,21-,22-,23-/m0/s1. The zero-order valence-electron chi connectivity index (χ0n) is 19.4. The van der Waals surface area contributed by atoms with E-state index in [1.165, 1.54) is 6.92 Å². The highest BCUT2D eigenvalue weighted by Gasteiger charge is 2.48. The molecule has 1 heterocycles. The van der Waals surface area contributed by atoms with E-state index < -0.39 is 46.2 Å². The van der Waals surface area contributed by atoms with Gasteiger partial charge in [-0.25, -0.2) is 0 Å². The summed E-state index contributed by atoms with van der Waals surface area (Å²) in [6, 6.07) is 19.3. The fourth-order valence-corrected chi connectivity index (χ4v) is 3.81. The molecule has 0 saturated carbocycles. The summed E-state index contributed by atoms with van der Waals surface area (Å²) in [4.78, 5) is 11.6. The molecule has 35 heavy (non-hydrogen) atoms. The van der Waals surface area contributed by atoms with Crippen molar-refractivity contribution in [2.75, 3.05) is 6.61 Å². The molecule has 7 nitrogen and oxygen atoms in total. The van der Waals surface area contributed by atoms with Gasteiger partial charge in [-0.3, -0.25) is 10.2 Å². The Morgan fingerprint density at radius 3 is 1.94 bits per heavy atom. The third-order valence-electron chi connectivity index (χ3n) is 5.46. The van der Waals surface area contributed by atoms with E-state index in [9.17, 15) is 4.79 Å². The number of halogens is 3. The van der Waals surface area contributed by atoms with Crippen LogP contribution in [0.15, 0.2) is 60.7 Å². The van der Waals surface area contributed by atoms with Crippen molar-refractivity contribution in [2.24, 2.45) is 5.92 Å². The molecule has 0 spiro atoms. The van der Waals surface area contributed by atoms with Crippen molar-refractivity contribution < 1.29 is 28.5 Å². The van der Waals surface area contributed by atoms with Gasteiger partial charge in [-0.15, -0.1) is 0 Å². The van der Waals surface area contributed by atoms with Gasteiger partial charge in [0.1, 0.15) is 18.8 Å². The largest absolute Gasteiger partial charge is 0.463 e. The van der Waals surface area contributed by atoms with E-state index in [-0.39, 0.29) is 6.61 Å². The summed E-state index contributed by atoms with van der Waals surface area (Å²) < 4.78 is 27.4. The molecule has 0 aliphatic carbocycles. The number of rotatable bonds is 9. The molecule has 1 N–H and O–H groups in total. The van der Waals surface area contributed by atoms with Gasteiger partial charge in [0.25, 0.3) is 3.79 Å². The minimum atomic E-state index is -2.06. The first kappa shape index (κ1) is 27.7. The highest BCUT2D eigenvalue weighted by molar-refractivity contribution is 6.76. The molecule has 0 bridgehead atoms. The van der Waals surface area contributed by atoms with Gasteiger partial charge >= 0.3 is 5.97 Å². The van der Waals surface area contributed by atoms with E-state index in [1.54, 1.807) is 0 Å². The second kappa shape index (κ2) is 12.9. The van der Waals surface area contributed by atoms with Gasteiger partial charge in [-0.2, -0.15) is 0 Å². The zero-order valence-corrected chi connectivity index (χ0v) is 21.6. The van der Waals surface area contributed by atoms with E-state index in [0.29, 0.717) is 13.2 Å². The van der Waals surface area contributed by atoms with Gasteiger partial charge in [0.2, 0.25) is 12.2 Å². The lowest BCUT2D eigenvalue weighted by Gasteiger charge is -2.45. The molecule has 1 fully saturated rings. The third kappa shape index (κ3) is 8.34. The van der Waals surface area contributed by atoms with Gasteiger partial charge in [0.05, 0.1) is 19.3 Å². The molecule has 3 rings (SSSR count). The van der Waals surface area contributed by atoms with Crippen LogP contribution >= 0.6 is 34.8 Å². The molecule has 0 amide bonds. The Hall–Kier alpha value is -1.87. The van der Waals surface area contributed by atoms with E-state index in [4.69, 9.17) is 63.9 Å². The summed E-state index contributed by atoms with van der Waals surface area (Å²) >= 11 is 17.4. The first-order valence-corrected chi connectivity index (χ1v) is 12.2. The summed E-state index contributed by atoms with van der Waals surface area (Å²) in [5.41, 5.74) is 1.93. The van der Waals surface area contributed by atoms with E-state index in [2.05, 4.69) is 0 Å². The summed E-state index contributed by atoms with van der Waals surface area (Å²) in [5.74, 6) is -1.49. The molecule has 1 saturated heterocycles. The van der Waals surface area contributed by atoms with Crippen molar-refractivity contribution >= 4 is 46.7 Å². The van der Waals surface area contributed by atoms with Crippen LogP contribution in [0.4, 0.5) is 0 Å². The Bertz CT molecular complexity index is 957. The topological polar surface area (TPSA) is 87.1 Å². The highest BCUT2D eigenvalue weighted by Crippen LogP contribution is 2.35. The minimum Gasteiger partial charge on any atom is -0.463 e. The number of ether oxygens (including phenoxy) is 5. The Morgan fingerprint density at radius 1 is 0.943 bits per heavy atom. The average Bonchev–Trinajstić information content (AvgIpc) is 2.83. The number of hydrogen-bond donors (Lipinski definition) is 1. The van der Waals surface area contributed by atoms with Crippen LogP contribution in [0, 0.1) is 11.3 Å². The quantitative estimate of drug-likeness (QED) is 0.196. The van der Waals surface area contributed by atoms with Crippen LogP contribution in [0.2, 0.25) is 0 Å². The molecule has 190 valence electrons. The van der Waals surface area contributed by atoms with Gasteiger partial charge in [0.15, 0.2) is 0 Å². The predicted molar refractivity (Wildman–Crippen MR) is 134 cm³/mol. The fraction of sp³-hybridized carbons (Fsp3) is 0.440. The second-order valence-electron chi connectivity index (χ2n) is 8.17. The third-order valence-corrected chi connectivity index (χ3v) is 5.97. The van der Waals surface area contributed by atoms with Gasteiger partial charge < -0.3 is 23.7 Å². The van der Waals surface area contributed by atoms with Crippen molar-refractivity contribution in [3.8, 4) is 0 Å². The predicted octanol–water partition coefficient (Wildman–Crippen LogP) is 5.45. The van der Waals surface area contributed by atoms with Crippen LogP contribution < -0.4 is 0 Å². The lowest BCUT2D eigenvalue weighted by atomic mass is 9.91. The maximum Gasteiger partial charge on any atom is 0.302 e. The maximum atomic E-state index is 11.6. The number of carbonyl (C=O) groups is 1. The number of nitrogens with one attached hydrogen (secondary N) is 1. The zero-order chi connectivity index (χ0) is 25.4. The Balaban J connectivity index is 1.85. The fourth-order valence-electron chi connectivity index (χ4n) is 3.67. The molecular formula is C25H28Cl3NO6. The summed E-state index contributed by atoms with van der Waals surface area (Å²) in [7, 11) is 0. The minimum absolute atomic E-state index is 0.104. The summed E-state index contributed by atoms with van der Waals surface area (Å²) in [5, 5.41) is 7.99. The van der Waals surface area contributed by atoms with Crippen LogP contribution in [0.5, 0.6) is 0 Å². The molecule has 2 aromatic rings. The van der Waals surface area contributed by atoms with Crippen molar-refractivity contribution in [2.45, 2.75) is 55.5 Å². The molecule has 2 unspecified atom stereocenters. The Kier molecular flexibility index (Phi) is 10.2. The van der Waals surface area contributed by atoms with E-state index in [0.717, 1.165) is 11.1 Å². The van der Waals surface area contributed by atoms with E-state index in [1.807, 2.05) is 67.6 Å². The molecule has 0 aromatic heterocycles. The van der Waals surface area contributed by atoms with Crippen LogP contribution in [-0.2, 0) is 41.7 Å². The molecule has 1 aliphatic rings. The molecule has 0 radical (unpaired) electrons. The highest BCUT2D eigenvalue weighted by atomic mass is 35.6. The maximum absolute atomic E-state index is 11.6.